The number of benzene rings is 1. The Labute approximate surface area is 89.7 Å². The highest BCUT2D eigenvalue weighted by molar-refractivity contribution is 5.98. The third-order valence-corrected chi connectivity index (χ3v) is 1.82. The van der Waals surface area contributed by atoms with Gasteiger partial charge in [0.25, 0.3) is 0 Å². The summed E-state index contributed by atoms with van der Waals surface area (Å²) in [5.74, 6) is 0.816. The normalized spacial score (nSPS) is 11.4. The number of Topliss-reactive ketones (excluding diaryl/α,β-unsaturated/α-hetero) is 1. The zero-order chi connectivity index (χ0) is 9.84. The Hall–Kier alpha value is -1.06. The van der Waals surface area contributed by atoms with Gasteiger partial charge < -0.3 is 22.9 Å². The zero-order valence-electron chi connectivity index (χ0n) is 8.29. The summed E-state index contributed by atoms with van der Waals surface area (Å²) in [6, 6.07) is 6.85. The van der Waals surface area contributed by atoms with Crippen molar-refractivity contribution < 1.29 is 27.7 Å². The SMILES string of the molecule is COc1ccc(C(=O)[C@H](C)[NH3+])cc1.[Cl-]. The van der Waals surface area contributed by atoms with Crippen molar-refractivity contribution in [2.75, 3.05) is 7.11 Å². The van der Waals surface area contributed by atoms with E-state index < -0.39 is 0 Å². The van der Waals surface area contributed by atoms with Crippen LogP contribution in [0.25, 0.3) is 0 Å². The highest BCUT2D eigenvalue weighted by atomic mass is 35.5. The van der Waals surface area contributed by atoms with Crippen LogP contribution in [-0.4, -0.2) is 18.9 Å². The molecule has 0 amide bonds. The second kappa shape index (κ2) is 5.62. The van der Waals surface area contributed by atoms with E-state index in [1.54, 1.807) is 38.3 Å². The molecule has 0 unspecified atom stereocenters. The number of hydrogen-bond donors (Lipinski definition) is 1. The smallest absolute Gasteiger partial charge is 0.219 e. The lowest BCUT2D eigenvalue weighted by atomic mass is 10.1. The van der Waals surface area contributed by atoms with Crippen LogP contribution in [0, 0.1) is 0 Å². The molecule has 0 aliphatic rings. The summed E-state index contributed by atoms with van der Waals surface area (Å²) in [5.41, 5.74) is 4.36. The van der Waals surface area contributed by atoms with Gasteiger partial charge in [-0.3, -0.25) is 4.79 Å². The summed E-state index contributed by atoms with van der Waals surface area (Å²) < 4.78 is 4.98. The third kappa shape index (κ3) is 3.01. The molecule has 0 saturated carbocycles. The number of methoxy groups -OCH3 is 1. The summed E-state index contributed by atoms with van der Waals surface area (Å²) >= 11 is 0. The molecule has 0 bridgehead atoms. The summed E-state index contributed by atoms with van der Waals surface area (Å²) in [6.07, 6.45) is 0. The van der Waals surface area contributed by atoms with Gasteiger partial charge in [-0.05, 0) is 31.2 Å². The molecule has 78 valence electrons. The lowest BCUT2D eigenvalue weighted by Gasteiger charge is -2.03. The highest BCUT2D eigenvalue weighted by Crippen LogP contribution is 2.11. The van der Waals surface area contributed by atoms with E-state index >= 15 is 0 Å². The predicted molar refractivity (Wildman–Crippen MR) is 49.7 cm³/mol. The van der Waals surface area contributed by atoms with E-state index in [0.29, 0.717) is 5.56 Å². The van der Waals surface area contributed by atoms with Crippen LogP contribution in [-0.2, 0) is 0 Å². The first-order chi connectivity index (χ1) is 6.15. The van der Waals surface area contributed by atoms with Crippen LogP contribution in [0.15, 0.2) is 24.3 Å². The Balaban J connectivity index is 0.00000169. The zero-order valence-corrected chi connectivity index (χ0v) is 9.04. The number of ketones is 1. The molecule has 0 radical (unpaired) electrons. The average Bonchev–Trinajstić information content (AvgIpc) is 2.17. The molecule has 1 aromatic carbocycles. The molecule has 1 rings (SSSR count). The van der Waals surface area contributed by atoms with Gasteiger partial charge in [0.1, 0.15) is 11.8 Å². The summed E-state index contributed by atoms with van der Waals surface area (Å²) in [7, 11) is 1.60. The van der Waals surface area contributed by atoms with Crippen LogP contribution in [0.4, 0.5) is 0 Å². The molecule has 0 aliphatic carbocycles. The van der Waals surface area contributed by atoms with Gasteiger partial charge in [0.05, 0.1) is 7.11 Å². The Morgan fingerprint density at radius 2 is 1.86 bits per heavy atom. The van der Waals surface area contributed by atoms with E-state index in [2.05, 4.69) is 5.73 Å². The fourth-order valence-electron chi connectivity index (χ4n) is 1.04. The van der Waals surface area contributed by atoms with Gasteiger partial charge in [-0.25, -0.2) is 0 Å². The van der Waals surface area contributed by atoms with Crippen LogP contribution in [0.1, 0.15) is 17.3 Å². The van der Waals surface area contributed by atoms with Crippen molar-refractivity contribution in [3.05, 3.63) is 29.8 Å². The number of carbonyl (C=O) groups excluding carboxylic acids is 1. The van der Waals surface area contributed by atoms with E-state index in [1.807, 2.05) is 0 Å². The van der Waals surface area contributed by atoms with Crippen molar-refractivity contribution in [3.63, 3.8) is 0 Å². The summed E-state index contributed by atoms with van der Waals surface area (Å²) in [6.45, 7) is 1.78. The van der Waals surface area contributed by atoms with Crippen molar-refractivity contribution in [2.24, 2.45) is 0 Å². The maximum absolute atomic E-state index is 11.4. The van der Waals surface area contributed by atoms with Crippen molar-refractivity contribution in [1.29, 1.82) is 0 Å². The second-order valence-electron chi connectivity index (χ2n) is 2.99. The molecular weight excluding hydrogens is 202 g/mol. The monoisotopic (exact) mass is 215 g/mol. The summed E-state index contributed by atoms with van der Waals surface area (Å²) in [4.78, 5) is 11.4. The van der Waals surface area contributed by atoms with Crippen LogP contribution < -0.4 is 22.9 Å². The van der Waals surface area contributed by atoms with E-state index in [0.717, 1.165) is 5.75 Å². The maximum Gasteiger partial charge on any atom is 0.219 e. The fourth-order valence-corrected chi connectivity index (χ4v) is 1.04. The molecule has 1 atom stereocenters. The lowest BCUT2D eigenvalue weighted by Crippen LogP contribution is -3.00. The van der Waals surface area contributed by atoms with Crippen molar-refractivity contribution in [2.45, 2.75) is 13.0 Å². The minimum absolute atomic E-state index is 0. The summed E-state index contributed by atoms with van der Waals surface area (Å²) in [5, 5.41) is 0. The fraction of sp³-hybridized carbons (Fsp3) is 0.300. The van der Waals surface area contributed by atoms with Crippen LogP contribution >= 0.6 is 0 Å². The second-order valence-corrected chi connectivity index (χ2v) is 2.99. The van der Waals surface area contributed by atoms with E-state index in [4.69, 9.17) is 4.74 Å². The van der Waals surface area contributed by atoms with Crippen molar-refractivity contribution in [3.8, 4) is 5.75 Å². The van der Waals surface area contributed by atoms with Crippen molar-refractivity contribution in [1.82, 2.24) is 0 Å². The number of hydrogen-bond acceptors (Lipinski definition) is 2. The molecule has 4 heteroatoms. The molecule has 0 spiro atoms. The molecule has 0 saturated heterocycles. The topological polar surface area (TPSA) is 53.9 Å². The van der Waals surface area contributed by atoms with Crippen LogP contribution in [0.3, 0.4) is 0 Å². The lowest BCUT2D eigenvalue weighted by molar-refractivity contribution is -0.393. The number of halogens is 1. The van der Waals surface area contributed by atoms with Gasteiger partial charge in [-0.15, -0.1) is 0 Å². The van der Waals surface area contributed by atoms with Crippen LogP contribution in [0.5, 0.6) is 5.75 Å². The molecule has 1 aromatic rings. The number of quaternary nitrogens is 1. The highest BCUT2D eigenvalue weighted by Gasteiger charge is 2.12. The molecule has 14 heavy (non-hydrogen) atoms. The van der Waals surface area contributed by atoms with E-state index in [1.165, 1.54) is 0 Å². The van der Waals surface area contributed by atoms with Gasteiger partial charge in [-0.2, -0.15) is 0 Å². The average molecular weight is 216 g/mol. The van der Waals surface area contributed by atoms with E-state index in [-0.39, 0.29) is 24.2 Å². The molecule has 0 heterocycles. The maximum atomic E-state index is 11.4. The number of carbonyl (C=O) groups is 1. The van der Waals surface area contributed by atoms with E-state index in [9.17, 15) is 4.79 Å². The molecule has 3 nitrogen and oxygen atoms in total. The third-order valence-electron chi connectivity index (χ3n) is 1.82. The first kappa shape index (κ1) is 12.9. The van der Waals surface area contributed by atoms with Gasteiger partial charge in [-0.1, -0.05) is 0 Å². The van der Waals surface area contributed by atoms with Crippen molar-refractivity contribution >= 4 is 5.78 Å². The number of ether oxygens (including phenoxy) is 1. The minimum Gasteiger partial charge on any atom is -1.00 e. The number of rotatable bonds is 3. The Bertz CT molecular complexity index is 295. The molecule has 3 N–H and O–H groups in total. The minimum atomic E-state index is -0.201. The Morgan fingerprint density at radius 1 is 1.36 bits per heavy atom. The van der Waals surface area contributed by atoms with Gasteiger partial charge in [0, 0.05) is 5.56 Å². The Morgan fingerprint density at radius 3 is 2.21 bits per heavy atom. The first-order valence-corrected chi connectivity index (χ1v) is 4.16. The first-order valence-electron chi connectivity index (χ1n) is 4.16. The predicted octanol–water partition coefficient (Wildman–Crippen LogP) is -2.49. The van der Waals surface area contributed by atoms with Gasteiger partial charge >= 0.3 is 0 Å². The standard InChI is InChI=1S/C10H13NO2.ClH/c1-7(11)10(12)8-3-5-9(13-2)6-4-8;/h3-7H,11H2,1-2H3;1H/t7-;/m0./s1. The van der Waals surface area contributed by atoms with Crippen LogP contribution in [0.2, 0.25) is 0 Å². The molecule has 0 aliphatic heterocycles. The Kier molecular flexibility index (Phi) is 5.20. The largest absolute Gasteiger partial charge is 1.00 e. The van der Waals surface area contributed by atoms with Gasteiger partial charge in [0.15, 0.2) is 0 Å². The van der Waals surface area contributed by atoms with Gasteiger partial charge in [0.2, 0.25) is 5.78 Å². The molecular formula is C10H14ClNO2. The molecule has 0 fully saturated rings. The molecule has 0 aromatic heterocycles. The quantitative estimate of drug-likeness (QED) is 0.568.